The summed E-state index contributed by atoms with van der Waals surface area (Å²) in [4.78, 5) is 1.25. The zero-order chi connectivity index (χ0) is 13.8. The number of hydrogen-bond acceptors (Lipinski definition) is 2. The zero-order valence-electron chi connectivity index (χ0n) is 11.0. The molecule has 1 N–H and O–H groups in total. The van der Waals surface area contributed by atoms with Gasteiger partial charge in [-0.25, -0.2) is 0 Å². The first-order valence-electron chi connectivity index (χ1n) is 6.36. The summed E-state index contributed by atoms with van der Waals surface area (Å²) in [6.45, 7) is 5.28. The van der Waals surface area contributed by atoms with Crippen molar-refractivity contribution in [2.24, 2.45) is 0 Å². The zero-order valence-corrected chi connectivity index (χ0v) is 14.2. The molecule has 0 aliphatic carbocycles. The number of benzene rings is 1. The Bertz CT molecular complexity index is 553. The summed E-state index contributed by atoms with van der Waals surface area (Å²) in [6, 6.07) is 10.7. The third-order valence-corrected chi connectivity index (χ3v) is 4.96. The lowest BCUT2D eigenvalue weighted by Crippen LogP contribution is -2.22. The Balaban J connectivity index is 2.39. The normalized spacial score (nSPS) is 12.6. The van der Waals surface area contributed by atoms with E-state index in [2.05, 4.69) is 59.4 Å². The number of thiophene rings is 1. The van der Waals surface area contributed by atoms with Gasteiger partial charge < -0.3 is 5.32 Å². The second kappa shape index (κ2) is 6.89. The van der Waals surface area contributed by atoms with Crippen LogP contribution in [0.3, 0.4) is 0 Å². The molecular formula is C15H17BrClNS. The van der Waals surface area contributed by atoms with E-state index < -0.39 is 0 Å². The fourth-order valence-electron chi connectivity index (χ4n) is 2.02. The van der Waals surface area contributed by atoms with Crippen molar-refractivity contribution in [1.82, 2.24) is 5.32 Å². The van der Waals surface area contributed by atoms with Gasteiger partial charge in [0.2, 0.25) is 0 Å². The first kappa shape index (κ1) is 15.0. The first-order valence-corrected chi connectivity index (χ1v) is 8.35. The number of hydrogen-bond donors (Lipinski definition) is 1. The second-order valence-corrected chi connectivity index (χ2v) is 7.15. The molecule has 0 saturated carbocycles. The number of aryl methyl sites for hydroxylation is 1. The van der Waals surface area contributed by atoms with Crippen LogP contribution < -0.4 is 5.32 Å². The minimum Gasteiger partial charge on any atom is -0.306 e. The molecule has 102 valence electrons. The minimum absolute atomic E-state index is 0.201. The number of nitrogens with one attached hydrogen (secondary N) is 1. The van der Waals surface area contributed by atoms with Crippen molar-refractivity contribution < 1.29 is 0 Å². The SMILES string of the molecule is CCCNC(c1ccc(Cl)s1)c1cc(C)ccc1Br. The number of rotatable bonds is 5. The van der Waals surface area contributed by atoms with Gasteiger partial charge in [-0.3, -0.25) is 0 Å². The van der Waals surface area contributed by atoms with Gasteiger partial charge >= 0.3 is 0 Å². The number of halogens is 2. The molecule has 1 nitrogen and oxygen atoms in total. The Hall–Kier alpha value is -0.350. The second-order valence-electron chi connectivity index (χ2n) is 4.55. The predicted molar refractivity (Wildman–Crippen MR) is 88.3 cm³/mol. The van der Waals surface area contributed by atoms with Crippen molar-refractivity contribution >= 4 is 38.9 Å². The maximum atomic E-state index is 6.08. The maximum Gasteiger partial charge on any atom is 0.0931 e. The summed E-state index contributed by atoms with van der Waals surface area (Å²) in [7, 11) is 0. The monoisotopic (exact) mass is 357 g/mol. The third kappa shape index (κ3) is 3.82. The van der Waals surface area contributed by atoms with Crippen molar-refractivity contribution in [3.63, 3.8) is 0 Å². The van der Waals surface area contributed by atoms with Gasteiger partial charge in [0.1, 0.15) is 0 Å². The Morgan fingerprint density at radius 1 is 1.32 bits per heavy atom. The van der Waals surface area contributed by atoms with Crippen LogP contribution in [0.2, 0.25) is 4.34 Å². The summed E-state index contributed by atoms with van der Waals surface area (Å²) < 4.78 is 1.97. The van der Waals surface area contributed by atoms with E-state index in [9.17, 15) is 0 Å². The molecule has 1 aromatic carbocycles. The van der Waals surface area contributed by atoms with Crippen molar-refractivity contribution in [1.29, 1.82) is 0 Å². The lowest BCUT2D eigenvalue weighted by molar-refractivity contribution is 0.604. The molecular weight excluding hydrogens is 342 g/mol. The molecule has 4 heteroatoms. The van der Waals surface area contributed by atoms with Crippen LogP contribution in [0.4, 0.5) is 0 Å². The molecule has 1 unspecified atom stereocenters. The third-order valence-electron chi connectivity index (χ3n) is 2.94. The van der Waals surface area contributed by atoms with E-state index in [0.29, 0.717) is 0 Å². The van der Waals surface area contributed by atoms with Crippen LogP contribution in [0.1, 0.15) is 35.4 Å². The van der Waals surface area contributed by atoms with E-state index in [1.54, 1.807) is 11.3 Å². The van der Waals surface area contributed by atoms with Gasteiger partial charge in [-0.05, 0) is 43.7 Å². The molecule has 0 amide bonds. The topological polar surface area (TPSA) is 12.0 Å². The summed E-state index contributed by atoms with van der Waals surface area (Å²) in [6.07, 6.45) is 1.11. The van der Waals surface area contributed by atoms with Gasteiger partial charge in [-0.1, -0.05) is 52.2 Å². The van der Waals surface area contributed by atoms with Crippen molar-refractivity contribution in [2.45, 2.75) is 26.3 Å². The average Bonchev–Trinajstić information content (AvgIpc) is 2.80. The van der Waals surface area contributed by atoms with Crippen LogP contribution in [0, 0.1) is 6.92 Å². The molecule has 0 spiro atoms. The van der Waals surface area contributed by atoms with Gasteiger partial charge in [0.15, 0.2) is 0 Å². The standard InChI is InChI=1S/C15H17BrClNS/c1-3-8-18-15(13-6-7-14(17)19-13)11-9-10(2)4-5-12(11)16/h4-7,9,15,18H,3,8H2,1-2H3. The minimum atomic E-state index is 0.201. The first-order chi connectivity index (χ1) is 9.11. The van der Waals surface area contributed by atoms with Crippen molar-refractivity contribution in [3.8, 4) is 0 Å². The predicted octanol–water partition coefficient (Wildman–Crippen LogP) is 5.56. The van der Waals surface area contributed by atoms with E-state index in [1.165, 1.54) is 16.0 Å². The fourth-order valence-corrected chi connectivity index (χ4v) is 3.65. The smallest absolute Gasteiger partial charge is 0.0931 e. The molecule has 2 rings (SSSR count). The van der Waals surface area contributed by atoms with E-state index in [4.69, 9.17) is 11.6 Å². The van der Waals surface area contributed by atoms with Crippen LogP contribution in [0.5, 0.6) is 0 Å². The van der Waals surface area contributed by atoms with Gasteiger partial charge in [0.25, 0.3) is 0 Å². The maximum absolute atomic E-state index is 6.08. The lowest BCUT2D eigenvalue weighted by Gasteiger charge is -2.19. The molecule has 19 heavy (non-hydrogen) atoms. The van der Waals surface area contributed by atoms with Gasteiger partial charge in [-0.2, -0.15) is 0 Å². The molecule has 0 saturated heterocycles. The van der Waals surface area contributed by atoms with Crippen LogP contribution in [-0.4, -0.2) is 6.54 Å². The fraction of sp³-hybridized carbons (Fsp3) is 0.333. The summed E-state index contributed by atoms with van der Waals surface area (Å²) in [5, 5.41) is 3.61. The van der Waals surface area contributed by atoms with Crippen LogP contribution >= 0.6 is 38.9 Å². The highest BCUT2D eigenvalue weighted by molar-refractivity contribution is 9.10. The molecule has 1 aromatic heterocycles. The Morgan fingerprint density at radius 2 is 2.11 bits per heavy atom. The van der Waals surface area contributed by atoms with Gasteiger partial charge in [0.05, 0.1) is 10.4 Å². The Kier molecular flexibility index (Phi) is 5.46. The molecule has 1 heterocycles. The van der Waals surface area contributed by atoms with Crippen LogP contribution in [0.15, 0.2) is 34.8 Å². The Morgan fingerprint density at radius 3 is 2.74 bits per heavy atom. The van der Waals surface area contributed by atoms with E-state index in [-0.39, 0.29) is 6.04 Å². The van der Waals surface area contributed by atoms with Gasteiger partial charge in [0, 0.05) is 9.35 Å². The highest BCUT2D eigenvalue weighted by Crippen LogP contribution is 2.34. The van der Waals surface area contributed by atoms with Crippen molar-refractivity contribution in [3.05, 3.63) is 55.1 Å². The van der Waals surface area contributed by atoms with E-state index in [0.717, 1.165) is 21.8 Å². The van der Waals surface area contributed by atoms with Crippen LogP contribution in [-0.2, 0) is 0 Å². The average molecular weight is 359 g/mol. The van der Waals surface area contributed by atoms with Gasteiger partial charge in [-0.15, -0.1) is 11.3 Å². The summed E-state index contributed by atoms with van der Waals surface area (Å²) >= 11 is 11.4. The highest BCUT2D eigenvalue weighted by Gasteiger charge is 2.18. The molecule has 0 aliphatic rings. The van der Waals surface area contributed by atoms with E-state index >= 15 is 0 Å². The van der Waals surface area contributed by atoms with E-state index in [1.807, 2.05) is 6.07 Å². The highest BCUT2D eigenvalue weighted by atomic mass is 79.9. The molecule has 0 bridgehead atoms. The van der Waals surface area contributed by atoms with Crippen LogP contribution in [0.25, 0.3) is 0 Å². The molecule has 0 fully saturated rings. The Labute approximate surface area is 132 Å². The molecule has 1 atom stereocenters. The molecule has 0 radical (unpaired) electrons. The molecule has 0 aliphatic heterocycles. The molecule has 2 aromatic rings. The lowest BCUT2D eigenvalue weighted by atomic mass is 10.0. The summed E-state index contributed by atoms with van der Waals surface area (Å²) in [5.74, 6) is 0. The van der Waals surface area contributed by atoms with Crippen molar-refractivity contribution in [2.75, 3.05) is 6.54 Å². The largest absolute Gasteiger partial charge is 0.306 e. The quantitative estimate of drug-likeness (QED) is 0.737. The summed E-state index contributed by atoms with van der Waals surface area (Å²) in [5.41, 5.74) is 2.54.